The van der Waals surface area contributed by atoms with Gasteiger partial charge in [-0.25, -0.2) is 5.43 Å². The molecule has 2 aromatic rings. The van der Waals surface area contributed by atoms with Crippen molar-refractivity contribution >= 4 is 39.6 Å². The zero-order valence-corrected chi connectivity index (χ0v) is 15.8. The molecule has 0 bridgehead atoms. The lowest BCUT2D eigenvalue weighted by Gasteiger charge is -2.09. The van der Waals surface area contributed by atoms with E-state index in [1.54, 1.807) is 0 Å². The molecule has 0 saturated heterocycles. The molecular formula is C17H13BrF3N3O4. The Morgan fingerprint density at radius 2 is 1.93 bits per heavy atom. The summed E-state index contributed by atoms with van der Waals surface area (Å²) in [5, 5.41) is 15.3. The molecule has 0 aliphatic rings. The average molecular weight is 460 g/mol. The summed E-state index contributed by atoms with van der Waals surface area (Å²) in [6.45, 7) is 0. The van der Waals surface area contributed by atoms with E-state index in [2.05, 4.69) is 26.3 Å². The van der Waals surface area contributed by atoms with Crippen LogP contribution in [0.25, 0.3) is 0 Å². The molecule has 0 spiro atoms. The number of benzene rings is 2. The summed E-state index contributed by atoms with van der Waals surface area (Å²) in [5.74, 6) is -2.34. The first-order chi connectivity index (χ1) is 13.1. The van der Waals surface area contributed by atoms with Crippen molar-refractivity contribution in [2.75, 3.05) is 12.4 Å². The highest BCUT2D eigenvalue weighted by Crippen LogP contribution is 2.34. The number of hydrogen-bond donors (Lipinski definition) is 3. The summed E-state index contributed by atoms with van der Waals surface area (Å²) in [5.41, 5.74) is 1.22. The molecule has 0 fully saturated rings. The number of rotatable bonds is 4. The first kappa shape index (κ1) is 21.2. The number of hydrazone groups is 1. The van der Waals surface area contributed by atoms with Gasteiger partial charge >= 0.3 is 18.0 Å². The number of phenols is 1. The first-order valence-corrected chi connectivity index (χ1v) is 8.29. The molecule has 0 aliphatic heterocycles. The van der Waals surface area contributed by atoms with E-state index in [-0.39, 0.29) is 17.2 Å². The van der Waals surface area contributed by atoms with Crippen molar-refractivity contribution in [1.29, 1.82) is 0 Å². The maximum absolute atomic E-state index is 12.7. The van der Waals surface area contributed by atoms with Crippen LogP contribution in [0.1, 0.15) is 11.1 Å². The van der Waals surface area contributed by atoms with Crippen molar-refractivity contribution in [2.45, 2.75) is 6.18 Å². The Balaban J connectivity index is 2.01. The lowest BCUT2D eigenvalue weighted by Crippen LogP contribution is -2.32. The first-order valence-electron chi connectivity index (χ1n) is 7.50. The molecule has 0 atom stereocenters. The van der Waals surface area contributed by atoms with Crippen LogP contribution in [0, 0.1) is 0 Å². The van der Waals surface area contributed by atoms with Crippen molar-refractivity contribution in [1.82, 2.24) is 5.43 Å². The monoisotopic (exact) mass is 459 g/mol. The minimum Gasteiger partial charge on any atom is -0.503 e. The number of amides is 2. The van der Waals surface area contributed by atoms with E-state index in [9.17, 15) is 27.9 Å². The van der Waals surface area contributed by atoms with Gasteiger partial charge in [-0.15, -0.1) is 0 Å². The Kier molecular flexibility index (Phi) is 6.62. The summed E-state index contributed by atoms with van der Waals surface area (Å²) in [4.78, 5) is 23.5. The van der Waals surface area contributed by atoms with E-state index >= 15 is 0 Å². The van der Waals surface area contributed by atoms with Crippen LogP contribution in [0.3, 0.4) is 0 Å². The molecule has 7 nitrogen and oxygen atoms in total. The molecule has 11 heteroatoms. The predicted octanol–water partition coefficient (Wildman–Crippen LogP) is 3.27. The van der Waals surface area contributed by atoms with Crippen LogP contribution in [0.4, 0.5) is 18.9 Å². The Hall–Kier alpha value is -3.08. The van der Waals surface area contributed by atoms with Crippen LogP contribution >= 0.6 is 15.9 Å². The van der Waals surface area contributed by atoms with Crippen molar-refractivity contribution in [3.63, 3.8) is 0 Å². The normalized spacial score (nSPS) is 11.3. The number of carbonyl (C=O) groups is 2. The second kappa shape index (κ2) is 8.74. The Labute approximate surface area is 165 Å². The van der Waals surface area contributed by atoms with Crippen LogP contribution in [0.15, 0.2) is 46.0 Å². The molecule has 2 aromatic carbocycles. The third-order valence-electron chi connectivity index (χ3n) is 3.30. The number of halogens is 4. The highest BCUT2D eigenvalue weighted by molar-refractivity contribution is 9.10. The fourth-order valence-electron chi connectivity index (χ4n) is 2.00. The van der Waals surface area contributed by atoms with Crippen LogP contribution in [0.5, 0.6) is 11.5 Å². The zero-order chi connectivity index (χ0) is 20.9. The van der Waals surface area contributed by atoms with Gasteiger partial charge in [-0.2, -0.15) is 18.3 Å². The van der Waals surface area contributed by atoms with Crippen LogP contribution < -0.4 is 15.5 Å². The minimum atomic E-state index is -4.58. The molecule has 0 heterocycles. The van der Waals surface area contributed by atoms with Gasteiger partial charge in [-0.05, 0) is 51.8 Å². The largest absolute Gasteiger partial charge is 0.503 e. The van der Waals surface area contributed by atoms with Crippen LogP contribution in [-0.4, -0.2) is 30.2 Å². The number of hydrogen-bond acceptors (Lipinski definition) is 5. The Morgan fingerprint density at radius 1 is 1.21 bits per heavy atom. The SMILES string of the molecule is COc1cc(/C=N/NC(=O)C(=O)Nc2cccc(C(F)(F)F)c2)cc(Br)c1O. The summed E-state index contributed by atoms with van der Waals surface area (Å²) in [7, 11) is 1.35. The minimum absolute atomic E-state index is 0.121. The third-order valence-corrected chi connectivity index (χ3v) is 3.91. The van der Waals surface area contributed by atoms with E-state index in [0.29, 0.717) is 16.1 Å². The standard InChI is InChI=1S/C17H13BrF3N3O4/c1-28-13-6-9(5-12(18)14(13)25)8-22-24-16(27)15(26)23-11-4-2-3-10(7-11)17(19,20)21/h2-8,25H,1H3,(H,23,26)(H,24,27)/b22-8+. The third kappa shape index (κ3) is 5.46. The van der Waals surface area contributed by atoms with Crippen molar-refractivity contribution < 1.29 is 32.6 Å². The number of methoxy groups -OCH3 is 1. The van der Waals surface area contributed by atoms with Crippen molar-refractivity contribution in [2.24, 2.45) is 5.10 Å². The molecular weight excluding hydrogens is 447 g/mol. The number of nitrogens with one attached hydrogen (secondary N) is 2. The molecule has 0 unspecified atom stereocenters. The van der Waals surface area contributed by atoms with Gasteiger partial charge < -0.3 is 15.2 Å². The smallest absolute Gasteiger partial charge is 0.416 e. The van der Waals surface area contributed by atoms with Gasteiger partial charge in [0.1, 0.15) is 0 Å². The summed E-state index contributed by atoms with van der Waals surface area (Å²) >= 11 is 3.12. The number of phenolic OH excluding ortho intramolecular Hbond substituents is 1. The number of anilines is 1. The van der Waals surface area contributed by atoms with Gasteiger partial charge in [0, 0.05) is 5.69 Å². The summed E-state index contributed by atoms with van der Waals surface area (Å²) in [6, 6.07) is 6.77. The van der Waals surface area contributed by atoms with Gasteiger partial charge in [-0.3, -0.25) is 9.59 Å². The lowest BCUT2D eigenvalue weighted by atomic mass is 10.2. The zero-order valence-electron chi connectivity index (χ0n) is 14.2. The second-order valence-corrected chi connectivity index (χ2v) is 6.14. The molecule has 2 rings (SSSR count). The second-order valence-electron chi connectivity index (χ2n) is 5.29. The van der Waals surface area contributed by atoms with Gasteiger partial charge in [0.15, 0.2) is 11.5 Å². The molecule has 3 N–H and O–H groups in total. The van der Waals surface area contributed by atoms with E-state index in [4.69, 9.17) is 4.74 Å². The van der Waals surface area contributed by atoms with Gasteiger partial charge in [0.2, 0.25) is 0 Å². The number of carbonyl (C=O) groups excluding carboxylic acids is 2. The maximum Gasteiger partial charge on any atom is 0.416 e. The highest BCUT2D eigenvalue weighted by Gasteiger charge is 2.30. The number of aromatic hydroxyl groups is 1. The van der Waals surface area contributed by atoms with Crippen molar-refractivity contribution in [3.8, 4) is 11.5 Å². The summed E-state index contributed by atoms with van der Waals surface area (Å²) in [6.07, 6.45) is -3.39. The fraction of sp³-hybridized carbons (Fsp3) is 0.118. The Bertz CT molecular complexity index is 932. The number of ether oxygens (including phenoxy) is 1. The van der Waals surface area contributed by atoms with Gasteiger partial charge in [-0.1, -0.05) is 6.07 Å². The quantitative estimate of drug-likeness (QED) is 0.371. The fourth-order valence-corrected chi connectivity index (χ4v) is 2.46. The van der Waals surface area contributed by atoms with E-state index < -0.39 is 23.6 Å². The van der Waals surface area contributed by atoms with Crippen molar-refractivity contribution in [3.05, 3.63) is 52.0 Å². The van der Waals surface area contributed by atoms with Crippen LogP contribution in [-0.2, 0) is 15.8 Å². The molecule has 148 valence electrons. The molecule has 0 radical (unpaired) electrons. The molecule has 0 aliphatic carbocycles. The highest BCUT2D eigenvalue weighted by atomic mass is 79.9. The number of alkyl halides is 3. The predicted molar refractivity (Wildman–Crippen MR) is 98.2 cm³/mol. The topological polar surface area (TPSA) is 100 Å². The van der Waals surface area contributed by atoms with E-state index in [1.807, 2.05) is 5.43 Å². The van der Waals surface area contributed by atoms with Gasteiger partial charge in [0.05, 0.1) is 23.4 Å². The molecule has 0 saturated carbocycles. The van der Waals surface area contributed by atoms with Gasteiger partial charge in [0.25, 0.3) is 0 Å². The summed E-state index contributed by atoms with van der Waals surface area (Å²) < 4.78 is 43.3. The Morgan fingerprint density at radius 3 is 2.57 bits per heavy atom. The van der Waals surface area contributed by atoms with E-state index in [1.165, 1.54) is 31.5 Å². The number of nitrogens with zero attached hydrogens (tertiary/aromatic N) is 1. The molecule has 0 aromatic heterocycles. The van der Waals surface area contributed by atoms with E-state index in [0.717, 1.165) is 12.1 Å². The molecule has 28 heavy (non-hydrogen) atoms. The van der Waals surface area contributed by atoms with Crippen LogP contribution in [0.2, 0.25) is 0 Å². The maximum atomic E-state index is 12.7. The average Bonchev–Trinajstić information content (AvgIpc) is 2.63. The lowest BCUT2D eigenvalue weighted by molar-refractivity contribution is -0.137. The molecule has 2 amide bonds.